The fraction of sp³-hybridized carbons (Fsp3) is 0.700. The summed E-state index contributed by atoms with van der Waals surface area (Å²) in [6.45, 7) is 13.5. The van der Waals surface area contributed by atoms with Gasteiger partial charge >= 0.3 is 6.18 Å². The zero-order valence-corrected chi connectivity index (χ0v) is 18.0. The van der Waals surface area contributed by atoms with E-state index in [1.807, 2.05) is 26.8 Å². The molecule has 0 radical (unpaired) electrons. The molecule has 0 aliphatic carbocycles. The van der Waals surface area contributed by atoms with E-state index in [1.54, 1.807) is 19.4 Å². The molecule has 0 atom stereocenters. The summed E-state index contributed by atoms with van der Waals surface area (Å²) in [6, 6.07) is 4.77. The van der Waals surface area contributed by atoms with Crippen molar-refractivity contribution in [3.05, 3.63) is 34.9 Å². The second-order valence-corrected chi connectivity index (χ2v) is 12.6. The second-order valence-electron chi connectivity index (χ2n) is 9.03. The third-order valence-corrected chi connectivity index (χ3v) is 6.37. The quantitative estimate of drug-likeness (QED) is 0.662. The van der Waals surface area contributed by atoms with E-state index in [2.05, 4.69) is 9.80 Å². The van der Waals surface area contributed by atoms with Gasteiger partial charge in [0.15, 0.2) is 0 Å². The van der Waals surface area contributed by atoms with Crippen LogP contribution < -0.4 is 0 Å². The predicted molar refractivity (Wildman–Crippen MR) is 106 cm³/mol. The van der Waals surface area contributed by atoms with Gasteiger partial charge in [0.25, 0.3) is 0 Å². The monoisotopic (exact) mass is 404 g/mol. The Bertz CT molecular complexity index is 683. The average molecular weight is 404 g/mol. The molecule has 2 rings (SSSR count). The number of hydrogen-bond acceptors (Lipinski definition) is 3. The van der Waals surface area contributed by atoms with Gasteiger partial charge in [0.2, 0.25) is 0 Å². The van der Waals surface area contributed by atoms with Crippen LogP contribution in [0, 0.1) is 0 Å². The first-order valence-electron chi connectivity index (χ1n) is 9.45. The molecule has 1 heterocycles. The van der Waals surface area contributed by atoms with Gasteiger partial charge < -0.3 is 9.46 Å². The molecule has 0 N–H and O–H groups in total. The van der Waals surface area contributed by atoms with Gasteiger partial charge in [-0.25, -0.2) is 0 Å². The van der Waals surface area contributed by atoms with E-state index >= 15 is 0 Å². The summed E-state index contributed by atoms with van der Waals surface area (Å²) < 4.78 is 52.6. The normalized spacial score (nSPS) is 18.1. The van der Waals surface area contributed by atoms with E-state index in [0.717, 1.165) is 32.7 Å². The fourth-order valence-electron chi connectivity index (χ4n) is 3.24. The highest BCUT2D eigenvalue weighted by atomic mass is 31.2. The average Bonchev–Trinajstić information content (AvgIpc) is 2.52. The highest BCUT2D eigenvalue weighted by molar-refractivity contribution is 7.62. The van der Waals surface area contributed by atoms with Crippen molar-refractivity contribution in [2.75, 3.05) is 52.2 Å². The van der Waals surface area contributed by atoms with E-state index in [9.17, 15) is 17.7 Å². The molecule has 0 saturated carbocycles. The molecule has 0 unspecified atom stereocenters. The van der Waals surface area contributed by atoms with Crippen LogP contribution >= 0.6 is 7.14 Å². The van der Waals surface area contributed by atoms with Gasteiger partial charge in [-0.05, 0) is 35.9 Å². The van der Waals surface area contributed by atoms with Gasteiger partial charge in [-0.3, -0.25) is 4.90 Å². The van der Waals surface area contributed by atoms with Crippen molar-refractivity contribution in [3.8, 4) is 0 Å². The maximum Gasteiger partial charge on any atom is 0.416 e. The third kappa shape index (κ3) is 6.92. The number of alkyl halides is 3. The van der Waals surface area contributed by atoms with Crippen LogP contribution in [0.25, 0.3) is 0 Å². The Labute approximate surface area is 161 Å². The van der Waals surface area contributed by atoms with Gasteiger partial charge in [0.1, 0.15) is 0 Å². The van der Waals surface area contributed by atoms with E-state index in [-0.39, 0.29) is 5.41 Å². The van der Waals surface area contributed by atoms with Crippen molar-refractivity contribution in [2.24, 2.45) is 0 Å². The van der Waals surface area contributed by atoms with Crippen molar-refractivity contribution in [1.82, 2.24) is 9.80 Å². The van der Waals surface area contributed by atoms with E-state index in [1.165, 1.54) is 6.07 Å². The molecular formula is C20H32F3N2OP. The van der Waals surface area contributed by atoms with E-state index in [4.69, 9.17) is 0 Å². The van der Waals surface area contributed by atoms with Crippen molar-refractivity contribution >= 4 is 7.14 Å². The summed E-state index contributed by atoms with van der Waals surface area (Å²) in [5.41, 5.74) is 0.208. The van der Waals surface area contributed by atoms with Gasteiger partial charge in [0, 0.05) is 45.4 Å². The van der Waals surface area contributed by atoms with Crippen molar-refractivity contribution in [3.63, 3.8) is 0 Å². The van der Waals surface area contributed by atoms with Crippen LogP contribution in [0.3, 0.4) is 0 Å². The van der Waals surface area contributed by atoms with Crippen LogP contribution in [-0.2, 0) is 22.7 Å². The topological polar surface area (TPSA) is 23.6 Å². The van der Waals surface area contributed by atoms with Crippen molar-refractivity contribution in [1.29, 1.82) is 0 Å². The maximum atomic E-state index is 13.6. The molecule has 1 aromatic rings. The summed E-state index contributed by atoms with van der Waals surface area (Å²) in [6.07, 6.45) is -3.65. The molecule has 1 fully saturated rings. The van der Waals surface area contributed by atoms with Crippen LogP contribution in [0.1, 0.15) is 37.5 Å². The van der Waals surface area contributed by atoms with Crippen molar-refractivity contribution in [2.45, 2.75) is 38.9 Å². The molecule has 27 heavy (non-hydrogen) atoms. The maximum absolute atomic E-state index is 13.6. The largest absolute Gasteiger partial charge is 0.416 e. The molecule has 1 saturated heterocycles. The lowest BCUT2D eigenvalue weighted by atomic mass is 9.85. The molecule has 7 heteroatoms. The summed E-state index contributed by atoms with van der Waals surface area (Å²) in [7, 11) is -2.03. The van der Waals surface area contributed by atoms with Gasteiger partial charge in [-0.2, -0.15) is 13.2 Å². The lowest BCUT2D eigenvalue weighted by Gasteiger charge is -2.35. The molecule has 0 aromatic heterocycles. The molecule has 154 valence electrons. The number of piperazine rings is 1. The third-order valence-electron chi connectivity index (χ3n) is 5.09. The summed E-state index contributed by atoms with van der Waals surface area (Å²) in [4.78, 5) is 4.33. The molecule has 1 aromatic carbocycles. The van der Waals surface area contributed by atoms with Crippen molar-refractivity contribution < 1.29 is 17.7 Å². The Balaban J connectivity index is 2.05. The molecule has 1 aliphatic rings. The highest BCUT2D eigenvalue weighted by Gasteiger charge is 2.35. The Kier molecular flexibility index (Phi) is 6.87. The van der Waals surface area contributed by atoms with Gasteiger partial charge in [-0.1, -0.05) is 32.9 Å². The predicted octanol–water partition coefficient (Wildman–Crippen LogP) is 4.74. The summed E-state index contributed by atoms with van der Waals surface area (Å²) in [5.74, 6) is 0. The van der Waals surface area contributed by atoms with E-state index < -0.39 is 18.9 Å². The molecule has 0 bridgehead atoms. The summed E-state index contributed by atoms with van der Waals surface area (Å²) >= 11 is 0. The Morgan fingerprint density at radius 2 is 1.56 bits per heavy atom. The van der Waals surface area contributed by atoms with Crippen LogP contribution in [-0.4, -0.2) is 62.0 Å². The SMILES string of the molecule is CC(C)(C)c1ccc(CN2CCN(CCP(C)(C)=O)CC2)c(C(F)(F)F)c1. The zero-order chi connectivity index (χ0) is 20.5. The second kappa shape index (κ2) is 8.26. The van der Waals surface area contributed by atoms with Gasteiger partial charge in [0.05, 0.1) is 12.7 Å². The van der Waals surface area contributed by atoms with E-state index in [0.29, 0.717) is 23.8 Å². The number of benzene rings is 1. The minimum absolute atomic E-state index is 0.313. The molecule has 0 spiro atoms. The van der Waals surface area contributed by atoms with Crippen LogP contribution in [0.5, 0.6) is 0 Å². The minimum Gasteiger partial charge on any atom is -0.324 e. The Hall–Kier alpha value is -0.840. The first-order valence-corrected chi connectivity index (χ1v) is 12.2. The number of hydrogen-bond donors (Lipinski definition) is 0. The Morgan fingerprint density at radius 1 is 1.00 bits per heavy atom. The van der Waals surface area contributed by atoms with Crippen LogP contribution in [0.4, 0.5) is 13.2 Å². The van der Waals surface area contributed by atoms with Crippen LogP contribution in [0.2, 0.25) is 0 Å². The Morgan fingerprint density at radius 3 is 2.04 bits per heavy atom. The number of nitrogens with zero attached hydrogens (tertiary/aromatic N) is 2. The molecule has 1 aliphatic heterocycles. The van der Waals surface area contributed by atoms with Crippen LogP contribution in [0.15, 0.2) is 18.2 Å². The lowest BCUT2D eigenvalue weighted by Crippen LogP contribution is -2.46. The molecule has 3 nitrogen and oxygen atoms in total. The minimum atomic E-state index is -4.35. The standard InChI is InChI=1S/C20H32F3N2OP/c1-19(2,3)17-7-6-16(18(14-17)20(21,22)23)15-25-10-8-24(9-11-25)12-13-27(4,5)26/h6-7,14H,8-13,15H2,1-5H3. The number of halogens is 3. The first-order chi connectivity index (χ1) is 12.3. The first kappa shape index (κ1) is 22.4. The summed E-state index contributed by atoms with van der Waals surface area (Å²) in [5, 5.41) is 0. The fourth-order valence-corrected chi connectivity index (χ4v) is 4.00. The molecular weight excluding hydrogens is 372 g/mol. The zero-order valence-electron chi connectivity index (χ0n) is 17.1. The lowest BCUT2D eigenvalue weighted by molar-refractivity contribution is -0.138. The van der Waals surface area contributed by atoms with Gasteiger partial charge in [-0.15, -0.1) is 0 Å². The highest BCUT2D eigenvalue weighted by Crippen LogP contribution is 2.36. The smallest absolute Gasteiger partial charge is 0.324 e. The number of rotatable bonds is 5. The molecule has 0 amide bonds.